The lowest BCUT2D eigenvalue weighted by molar-refractivity contribution is -0.133. The van der Waals surface area contributed by atoms with E-state index in [0.29, 0.717) is 5.75 Å². The summed E-state index contributed by atoms with van der Waals surface area (Å²) in [4.78, 5) is 18.4. The van der Waals surface area contributed by atoms with Crippen molar-refractivity contribution >= 4 is 16.7 Å². The third kappa shape index (κ3) is 4.27. The average molecular weight is 362 g/mol. The van der Waals surface area contributed by atoms with Crippen LogP contribution in [0.2, 0.25) is 0 Å². The molecule has 3 aromatic rings. The van der Waals surface area contributed by atoms with Crippen molar-refractivity contribution in [3.05, 3.63) is 59.9 Å². The summed E-state index contributed by atoms with van der Waals surface area (Å²) in [6.45, 7) is 8.00. The number of pyridine rings is 1. The lowest BCUT2D eigenvalue weighted by Gasteiger charge is -2.21. The second kappa shape index (κ2) is 7.78. The van der Waals surface area contributed by atoms with Crippen LogP contribution in [-0.4, -0.2) is 35.5 Å². The monoisotopic (exact) mass is 362 g/mol. The molecular weight excluding hydrogens is 336 g/mol. The van der Waals surface area contributed by atoms with Crippen LogP contribution in [-0.2, 0) is 4.79 Å². The fourth-order valence-electron chi connectivity index (χ4n) is 3.13. The number of rotatable bonds is 5. The van der Waals surface area contributed by atoms with E-state index in [2.05, 4.69) is 29.2 Å². The van der Waals surface area contributed by atoms with E-state index in [1.165, 1.54) is 0 Å². The Bertz CT molecular complexity index is 959. The van der Waals surface area contributed by atoms with Gasteiger partial charge in [-0.15, -0.1) is 0 Å². The van der Waals surface area contributed by atoms with Crippen LogP contribution in [0.3, 0.4) is 0 Å². The molecule has 0 saturated carbocycles. The van der Waals surface area contributed by atoms with Crippen LogP contribution in [0.15, 0.2) is 48.5 Å². The molecule has 0 aliphatic rings. The summed E-state index contributed by atoms with van der Waals surface area (Å²) < 4.78 is 5.86. The Labute approximate surface area is 160 Å². The van der Waals surface area contributed by atoms with Gasteiger partial charge in [0.1, 0.15) is 5.75 Å². The van der Waals surface area contributed by atoms with Crippen LogP contribution >= 0.6 is 0 Å². The second-order valence-electron chi connectivity index (χ2n) is 7.22. The molecule has 1 heterocycles. The molecule has 140 valence electrons. The normalized spacial score (nSPS) is 11.0. The molecule has 0 unspecified atom stereocenters. The van der Waals surface area contributed by atoms with Gasteiger partial charge in [-0.3, -0.25) is 9.78 Å². The largest absolute Gasteiger partial charge is 0.484 e. The van der Waals surface area contributed by atoms with Crippen LogP contribution in [0.25, 0.3) is 21.9 Å². The summed E-state index contributed by atoms with van der Waals surface area (Å²) in [7, 11) is 1.80. The van der Waals surface area contributed by atoms with Gasteiger partial charge in [0.2, 0.25) is 0 Å². The van der Waals surface area contributed by atoms with Crippen LogP contribution < -0.4 is 4.74 Å². The molecule has 0 aliphatic carbocycles. The number of carbonyl (C=O) groups excluding carboxylic acids is 1. The van der Waals surface area contributed by atoms with Crippen molar-refractivity contribution in [3.63, 3.8) is 0 Å². The van der Waals surface area contributed by atoms with Gasteiger partial charge in [0.25, 0.3) is 5.91 Å². The van der Waals surface area contributed by atoms with Gasteiger partial charge in [0, 0.05) is 24.5 Å². The molecule has 0 N–H and O–H groups in total. The van der Waals surface area contributed by atoms with Gasteiger partial charge >= 0.3 is 0 Å². The minimum Gasteiger partial charge on any atom is -0.484 e. The Balaban J connectivity index is 2.00. The molecule has 0 aliphatic heterocycles. The number of benzene rings is 2. The highest BCUT2D eigenvalue weighted by Gasteiger charge is 2.14. The molecule has 3 rings (SSSR count). The number of likely N-dealkylation sites (N-methyl/N-ethyl adjacent to an activating group) is 1. The van der Waals surface area contributed by atoms with E-state index >= 15 is 0 Å². The summed E-state index contributed by atoms with van der Waals surface area (Å²) >= 11 is 0. The molecule has 0 fully saturated rings. The van der Waals surface area contributed by atoms with Crippen molar-refractivity contribution in [2.45, 2.75) is 33.7 Å². The molecule has 0 saturated heterocycles. The number of carbonyl (C=O) groups is 1. The smallest absolute Gasteiger partial charge is 0.260 e. The fourth-order valence-corrected chi connectivity index (χ4v) is 3.13. The number of hydrogen-bond acceptors (Lipinski definition) is 3. The third-order valence-corrected chi connectivity index (χ3v) is 4.76. The van der Waals surface area contributed by atoms with Gasteiger partial charge in [-0.05, 0) is 73.9 Å². The molecule has 0 bridgehead atoms. The van der Waals surface area contributed by atoms with E-state index in [-0.39, 0.29) is 18.6 Å². The van der Waals surface area contributed by atoms with Crippen molar-refractivity contribution < 1.29 is 9.53 Å². The summed E-state index contributed by atoms with van der Waals surface area (Å²) in [6.07, 6.45) is 0. The van der Waals surface area contributed by atoms with Crippen molar-refractivity contribution in [1.82, 2.24) is 9.88 Å². The Morgan fingerprint density at radius 3 is 2.41 bits per heavy atom. The second-order valence-corrected chi connectivity index (χ2v) is 7.22. The minimum absolute atomic E-state index is 0.0286. The van der Waals surface area contributed by atoms with Gasteiger partial charge in [-0.2, -0.15) is 0 Å². The first-order valence-electron chi connectivity index (χ1n) is 9.22. The van der Waals surface area contributed by atoms with Gasteiger partial charge in [0.05, 0.1) is 0 Å². The van der Waals surface area contributed by atoms with E-state index in [0.717, 1.165) is 33.3 Å². The number of hydrogen-bond donors (Lipinski definition) is 0. The zero-order valence-electron chi connectivity index (χ0n) is 16.6. The highest BCUT2D eigenvalue weighted by Crippen LogP contribution is 2.33. The molecule has 27 heavy (non-hydrogen) atoms. The number of amides is 1. The lowest BCUT2D eigenvalue weighted by Crippen LogP contribution is -2.36. The van der Waals surface area contributed by atoms with E-state index in [9.17, 15) is 4.79 Å². The number of aryl methyl sites for hydroxylation is 2. The standard InChI is InChI=1S/C23H26N2O2/c1-15(2)25(5)23(26)14-27-20-12-18-8-6-7-9-21(18)22(13-20)19-10-16(3)24-17(4)11-19/h6-13,15H,14H2,1-5H3. The van der Waals surface area contributed by atoms with E-state index in [4.69, 9.17) is 4.74 Å². The fraction of sp³-hybridized carbons (Fsp3) is 0.304. The first-order valence-corrected chi connectivity index (χ1v) is 9.22. The van der Waals surface area contributed by atoms with Gasteiger partial charge in [-0.25, -0.2) is 0 Å². The average Bonchev–Trinajstić information content (AvgIpc) is 2.63. The van der Waals surface area contributed by atoms with Crippen LogP contribution in [0.5, 0.6) is 5.75 Å². The van der Waals surface area contributed by atoms with Crippen molar-refractivity contribution in [1.29, 1.82) is 0 Å². The van der Waals surface area contributed by atoms with Crippen molar-refractivity contribution in [3.8, 4) is 16.9 Å². The third-order valence-electron chi connectivity index (χ3n) is 4.76. The zero-order valence-corrected chi connectivity index (χ0v) is 16.6. The lowest BCUT2D eigenvalue weighted by atomic mass is 9.97. The highest BCUT2D eigenvalue weighted by atomic mass is 16.5. The Morgan fingerprint density at radius 1 is 1.07 bits per heavy atom. The van der Waals surface area contributed by atoms with Gasteiger partial charge in [-0.1, -0.05) is 24.3 Å². The Morgan fingerprint density at radius 2 is 1.74 bits per heavy atom. The van der Waals surface area contributed by atoms with E-state index in [1.807, 2.05) is 52.0 Å². The highest BCUT2D eigenvalue weighted by molar-refractivity contribution is 5.98. The van der Waals surface area contributed by atoms with Crippen LogP contribution in [0, 0.1) is 13.8 Å². The molecule has 0 spiro atoms. The zero-order chi connectivity index (χ0) is 19.6. The minimum atomic E-state index is -0.0321. The molecular formula is C23H26N2O2. The van der Waals surface area contributed by atoms with Gasteiger partial charge < -0.3 is 9.64 Å². The van der Waals surface area contributed by atoms with E-state index < -0.39 is 0 Å². The summed E-state index contributed by atoms with van der Waals surface area (Å²) in [5.41, 5.74) is 4.15. The maximum Gasteiger partial charge on any atom is 0.260 e. The molecule has 2 aromatic carbocycles. The SMILES string of the molecule is Cc1cc(-c2cc(OCC(=O)N(C)C(C)C)cc3ccccc23)cc(C)n1. The predicted octanol–water partition coefficient (Wildman–Crippen LogP) is 4.76. The predicted molar refractivity (Wildman–Crippen MR) is 110 cm³/mol. The maximum absolute atomic E-state index is 12.3. The molecule has 0 radical (unpaired) electrons. The summed E-state index contributed by atoms with van der Waals surface area (Å²) in [6, 6.07) is 16.5. The number of aromatic nitrogens is 1. The summed E-state index contributed by atoms with van der Waals surface area (Å²) in [5.74, 6) is 0.664. The Hall–Kier alpha value is -2.88. The number of fused-ring (bicyclic) bond motifs is 1. The summed E-state index contributed by atoms with van der Waals surface area (Å²) in [5, 5.41) is 2.24. The van der Waals surface area contributed by atoms with Crippen LogP contribution in [0.4, 0.5) is 0 Å². The molecule has 4 heteroatoms. The van der Waals surface area contributed by atoms with Crippen molar-refractivity contribution in [2.75, 3.05) is 13.7 Å². The van der Waals surface area contributed by atoms with E-state index in [1.54, 1.807) is 11.9 Å². The number of ether oxygens (including phenoxy) is 1. The van der Waals surface area contributed by atoms with Gasteiger partial charge in [0.15, 0.2) is 6.61 Å². The first-order chi connectivity index (χ1) is 12.8. The quantitative estimate of drug-likeness (QED) is 0.657. The maximum atomic E-state index is 12.3. The first kappa shape index (κ1) is 18.9. The van der Waals surface area contributed by atoms with Crippen LogP contribution in [0.1, 0.15) is 25.2 Å². The molecule has 4 nitrogen and oxygen atoms in total. The van der Waals surface area contributed by atoms with Crippen molar-refractivity contribution in [2.24, 2.45) is 0 Å². The Kier molecular flexibility index (Phi) is 5.45. The molecule has 1 amide bonds. The topological polar surface area (TPSA) is 42.4 Å². The number of nitrogens with zero attached hydrogens (tertiary/aromatic N) is 2. The molecule has 1 aromatic heterocycles. The molecule has 0 atom stereocenters.